The van der Waals surface area contributed by atoms with Gasteiger partial charge in [-0.05, 0) is 65.3 Å². The summed E-state index contributed by atoms with van der Waals surface area (Å²) in [6.45, 7) is 9.55. The molecule has 2 amide bonds. The Labute approximate surface area is 185 Å². The zero-order valence-corrected chi connectivity index (χ0v) is 18.9. The van der Waals surface area contributed by atoms with Crippen LogP contribution in [0, 0.1) is 0 Å². The molecule has 1 aliphatic rings. The number of carbonyl (C=O) groups is 2. The van der Waals surface area contributed by atoms with Crippen LogP contribution < -0.4 is 10.6 Å². The van der Waals surface area contributed by atoms with E-state index in [0.717, 1.165) is 51.3 Å². The summed E-state index contributed by atoms with van der Waals surface area (Å²) in [4.78, 5) is 29.2. The first-order valence-corrected chi connectivity index (χ1v) is 11.2. The molecule has 162 valence electrons. The molecule has 1 saturated heterocycles. The highest BCUT2D eigenvalue weighted by Crippen LogP contribution is 2.16. The fraction of sp³-hybridized carbons (Fsp3) is 0.455. The van der Waals surface area contributed by atoms with Crippen molar-refractivity contribution in [2.75, 3.05) is 51.1 Å². The number of halogens is 1. The van der Waals surface area contributed by atoms with E-state index in [-0.39, 0.29) is 17.6 Å². The van der Waals surface area contributed by atoms with Crippen LogP contribution in [0.3, 0.4) is 0 Å². The maximum Gasteiger partial charge on any atom is 0.291 e. The molecule has 30 heavy (non-hydrogen) atoms. The van der Waals surface area contributed by atoms with Crippen molar-refractivity contribution in [3.63, 3.8) is 0 Å². The van der Waals surface area contributed by atoms with Crippen LogP contribution in [0.5, 0.6) is 0 Å². The topological polar surface area (TPSA) is 77.8 Å². The number of amides is 2. The van der Waals surface area contributed by atoms with Gasteiger partial charge in [0.05, 0.1) is 6.42 Å². The Bertz CT molecular complexity index is 829. The van der Waals surface area contributed by atoms with Gasteiger partial charge >= 0.3 is 0 Å². The Balaban J connectivity index is 1.34. The fourth-order valence-corrected chi connectivity index (χ4v) is 3.75. The van der Waals surface area contributed by atoms with Crippen LogP contribution in [0.4, 0.5) is 5.69 Å². The van der Waals surface area contributed by atoms with E-state index in [9.17, 15) is 9.59 Å². The molecule has 1 aliphatic heterocycles. The van der Waals surface area contributed by atoms with E-state index >= 15 is 0 Å². The summed E-state index contributed by atoms with van der Waals surface area (Å²) in [6.07, 6.45) is 1.29. The van der Waals surface area contributed by atoms with Gasteiger partial charge in [-0.25, -0.2) is 0 Å². The molecule has 2 heterocycles. The monoisotopic (exact) mass is 476 g/mol. The Hall–Kier alpha value is -2.16. The average molecular weight is 477 g/mol. The quantitative estimate of drug-likeness (QED) is 0.544. The largest absolute Gasteiger partial charge is 0.444 e. The van der Waals surface area contributed by atoms with Gasteiger partial charge in [-0.3, -0.25) is 9.59 Å². The van der Waals surface area contributed by atoms with Crippen molar-refractivity contribution in [3.05, 3.63) is 52.4 Å². The van der Waals surface area contributed by atoms with Crippen LogP contribution in [0.2, 0.25) is 0 Å². The van der Waals surface area contributed by atoms with Gasteiger partial charge in [-0.1, -0.05) is 19.1 Å². The SMILES string of the molecule is CCN1CCN(CCCNC(=O)Cc2ccc(NC(=O)c3ccc(Br)o3)cc2)CC1. The highest BCUT2D eigenvalue weighted by Gasteiger charge is 2.15. The summed E-state index contributed by atoms with van der Waals surface area (Å²) >= 11 is 3.18. The van der Waals surface area contributed by atoms with E-state index in [2.05, 4.69) is 43.3 Å². The lowest BCUT2D eigenvalue weighted by Crippen LogP contribution is -2.46. The second-order valence-electron chi connectivity index (χ2n) is 7.41. The third-order valence-corrected chi connectivity index (χ3v) is 5.69. The molecular formula is C22H29BrN4O3. The summed E-state index contributed by atoms with van der Waals surface area (Å²) < 4.78 is 5.74. The number of nitrogens with one attached hydrogen (secondary N) is 2. The molecule has 0 atom stereocenters. The highest BCUT2D eigenvalue weighted by molar-refractivity contribution is 9.10. The van der Waals surface area contributed by atoms with E-state index in [1.165, 1.54) is 0 Å². The molecule has 7 nitrogen and oxygen atoms in total. The molecule has 2 N–H and O–H groups in total. The molecule has 0 radical (unpaired) electrons. The lowest BCUT2D eigenvalue weighted by atomic mass is 10.1. The van der Waals surface area contributed by atoms with Gasteiger partial charge in [0, 0.05) is 38.4 Å². The predicted molar refractivity (Wildman–Crippen MR) is 121 cm³/mol. The van der Waals surface area contributed by atoms with E-state index in [1.807, 2.05) is 12.1 Å². The second-order valence-corrected chi connectivity index (χ2v) is 8.19. The molecule has 8 heteroatoms. The summed E-state index contributed by atoms with van der Waals surface area (Å²) in [6, 6.07) is 10.5. The minimum Gasteiger partial charge on any atom is -0.444 e. The number of likely N-dealkylation sites (N-methyl/N-ethyl adjacent to an activating group) is 1. The van der Waals surface area contributed by atoms with Gasteiger partial charge in [0.2, 0.25) is 5.91 Å². The third kappa shape index (κ3) is 6.97. The molecule has 0 spiro atoms. The zero-order chi connectivity index (χ0) is 21.3. The molecular weight excluding hydrogens is 448 g/mol. The molecule has 0 bridgehead atoms. The lowest BCUT2D eigenvalue weighted by molar-refractivity contribution is -0.120. The lowest BCUT2D eigenvalue weighted by Gasteiger charge is -2.33. The van der Waals surface area contributed by atoms with Crippen LogP contribution in [0.25, 0.3) is 0 Å². The number of piperazine rings is 1. The molecule has 1 fully saturated rings. The minimum atomic E-state index is -0.317. The van der Waals surface area contributed by atoms with E-state index < -0.39 is 0 Å². The van der Waals surface area contributed by atoms with Gasteiger partial charge in [-0.15, -0.1) is 0 Å². The maximum absolute atomic E-state index is 12.2. The maximum atomic E-state index is 12.2. The van der Waals surface area contributed by atoms with E-state index in [1.54, 1.807) is 24.3 Å². The van der Waals surface area contributed by atoms with E-state index in [4.69, 9.17) is 4.42 Å². The van der Waals surface area contributed by atoms with Crippen LogP contribution in [-0.2, 0) is 11.2 Å². The molecule has 0 aliphatic carbocycles. The van der Waals surface area contributed by atoms with Crippen LogP contribution in [0.15, 0.2) is 45.5 Å². The molecule has 1 aromatic heterocycles. The van der Waals surface area contributed by atoms with Gasteiger partial charge in [0.25, 0.3) is 5.91 Å². The Morgan fingerprint density at radius 1 is 1.03 bits per heavy atom. The number of carbonyl (C=O) groups excluding carboxylic acids is 2. The van der Waals surface area contributed by atoms with E-state index in [0.29, 0.717) is 23.3 Å². The van der Waals surface area contributed by atoms with Crippen molar-refractivity contribution in [2.24, 2.45) is 0 Å². The second kappa shape index (κ2) is 11.3. The van der Waals surface area contributed by atoms with Gasteiger partial charge in [-0.2, -0.15) is 0 Å². The number of anilines is 1. The van der Waals surface area contributed by atoms with Crippen LogP contribution in [0.1, 0.15) is 29.5 Å². The Morgan fingerprint density at radius 3 is 2.37 bits per heavy atom. The van der Waals surface area contributed by atoms with Crippen LogP contribution in [-0.4, -0.2) is 67.4 Å². The average Bonchev–Trinajstić information content (AvgIpc) is 3.19. The van der Waals surface area contributed by atoms with Crippen molar-refractivity contribution in [1.29, 1.82) is 0 Å². The summed E-state index contributed by atoms with van der Waals surface area (Å²) in [5.41, 5.74) is 1.56. The summed E-state index contributed by atoms with van der Waals surface area (Å²) in [5, 5.41) is 5.77. The van der Waals surface area contributed by atoms with Crippen LogP contribution >= 0.6 is 15.9 Å². The molecule has 0 saturated carbocycles. The highest BCUT2D eigenvalue weighted by atomic mass is 79.9. The first-order chi connectivity index (χ1) is 14.5. The number of rotatable bonds is 9. The number of benzene rings is 1. The minimum absolute atomic E-state index is 0.0167. The molecule has 1 aromatic carbocycles. The zero-order valence-electron chi connectivity index (χ0n) is 17.3. The molecule has 2 aromatic rings. The number of hydrogen-bond donors (Lipinski definition) is 2. The summed E-state index contributed by atoms with van der Waals surface area (Å²) in [7, 11) is 0. The molecule has 3 rings (SSSR count). The predicted octanol–water partition coefficient (Wildman–Crippen LogP) is 2.98. The third-order valence-electron chi connectivity index (χ3n) is 5.26. The number of furan rings is 1. The van der Waals surface area contributed by atoms with Crippen molar-refractivity contribution in [3.8, 4) is 0 Å². The van der Waals surface area contributed by atoms with Crippen molar-refractivity contribution >= 4 is 33.4 Å². The van der Waals surface area contributed by atoms with Gasteiger partial charge < -0.3 is 24.9 Å². The van der Waals surface area contributed by atoms with Crippen molar-refractivity contribution < 1.29 is 14.0 Å². The van der Waals surface area contributed by atoms with Crippen molar-refractivity contribution in [2.45, 2.75) is 19.8 Å². The first-order valence-electron chi connectivity index (χ1n) is 10.4. The normalized spacial score (nSPS) is 15.1. The standard InChI is InChI=1S/C22H29BrN4O3/c1-2-26-12-14-27(15-13-26)11-3-10-24-21(28)16-17-4-6-18(7-5-17)25-22(29)19-8-9-20(23)30-19/h4-9H,2-3,10-16H2,1H3,(H,24,28)(H,25,29). The number of nitrogens with zero attached hydrogens (tertiary/aromatic N) is 2. The van der Waals surface area contributed by atoms with Gasteiger partial charge in [0.15, 0.2) is 10.4 Å². The first kappa shape index (κ1) is 22.5. The Kier molecular flexibility index (Phi) is 8.48. The van der Waals surface area contributed by atoms with Gasteiger partial charge in [0.1, 0.15) is 0 Å². The smallest absolute Gasteiger partial charge is 0.291 e. The number of hydrogen-bond acceptors (Lipinski definition) is 5. The Morgan fingerprint density at radius 2 is 1.73 bits per heavy atom. The summed E-state index contributed by atoms with van der Waals surface area (Å²) in [5.74, 6) is -0.0668. The fourth-order valence-electron chi connectivity index (χ4n) is 3.44. The van der Waals surface area contributed by atoms with Crippen molar-refractivity contribution in [1.82, 2.24) is 15.1 Å². The molecule has 0 unspecified atom stereocenters.